The van der Waals surface area contributed by atoms with Gasteiger partial charge in [0, 0.05) is 38.0 Å². The third-order valence-corrected chi connectivity index (χ3v) is 6.85. The first kappa shape index (κ1) is 17.0. The van der Waals surface area contributed by atoms with Crippen LogP contribution in [0.1, 0.15) is 38.2 Å². The van der Waals surface area contributed by atoms with Crippen molar-refractivity contribution >= 4 is 22.3 Å². The highest BCUT2D eigenvalue weighted by Gasteiger charge is 2.46. The molecule has 5 rings (SSSR count). The Morgan fingerprint density at radius 3 is 2.89 bits per heavy atom. The molecule has 3 nitrogen and oxygen atoms in total. The van der Waals surface area contributed by atoms with E-state index in [1.54, 1.807) is 12.5 Å². The molecule has 0 radical (unpaired) electrons. The molecule has 3 aliphatic rings. The molecule has 3 heteroatoms. The Balaban J connectivity index is 1.35. The van der Waals surface area contributed by atoms with Gasteiger partial charge in [0.2, 0.25) is 5.91 Å². The quantitative estimate of drug-likeness (QED) is 0.885. The second kappa shape index (κ2) is 6.49. The maximum Gasteiger partial charge on any atom is 0.217 e. The molecule has 1 aliphatic heterocycles. The maximum absolute atomic E-state index is 11.3. The number of carbonyl (C=O) groups is 1. The molecule has 140 valence electrons. The number of rotatable bonds is 4. The highest BCUT2D eigenvalue weighted by molar-refractivity contribution is 5.87. The Labute approximate surface area is 161 Å². The summed E-state index contributed by atoms with van der Waals surface area (Å²) in [7, 11) is 0. The van der Waals surface area contributed by atoms with Gasteiger partial charge in [-0.1, -0.05) is 42.5 Å². The van der Waals surface area contributed by atoms with Crippen molar-refractivity contribution in [1.29, 1.82) is 0 Å². The van der Waals surface area contributed by atoms with Gasteiger partial charge in [0.15, 0.2) is 0 Å². The van der Waals surface area contributed by atoms with Crippen molar-refractivity contribution < 1.29 is 4.79 Å². The van der Waals surface area contributed by atoms with Crippen molar-refractivity contribution in [2.45, 2.75) is 38.6 Å². The van der Waals surface area contributed by atoms with Crippen LogP contribution in [0.3, 0.4) is 0 Å². The molecule has 2 aromatic rings. The molecule has 1 N–H and O–H groups in total. The molecular formula is C24H28N2O. The zero-order valence-corrected chi connectivity index (χ0v) is 16.1. The molecule has 1 saturated heterocycles. The van der Waals surface area contributed by atoms with Crippen LogP contribution in [-0.4, -0.2) is 36.5 Å². The molecule has 27 heavy (non-hydrogen) atoms. The molecule has 1 heterocycles. The average molecular weight is 361 g/mol. The van der Waals surface area contributed by atoms with Gasteiger partial charge in [-0.15, -0.1) is 0 Å². The van der Waals surface area contributed by atoms with Gasteiger partial charge in [-0.2, -0.15) is 0 Å². The Morgan fingerprint density at radius 1 is 1.19 bits per heavy atom. The lowest BCUT2D eigenvalue weighted by molar-refractivity contribution is -0.119. The minimum atomic E-state index is 0.0975. The topological polar surface area (TPSA) is 32.3 Å². The van der Waals surface area contributed by atoms with Crippen LogP contribution >= 0.6 is 0 Å². The molecule has 2 bridgehead atoms. The van der Waals surface area contributed by atoms with Crippen LogP contribution in [0, 0.1) is 11.3 Å². The van der Waals surface area contributed by atoms with E-state index in [1.165, 1.54) is 35.6 Å². The van der Waals surface area contributed by atoms with Gasteiger partial charge in [0.05, 0.1) is 0 Å². The summed E-state index contributed by atoms with van der Waals surface area (Å²) in [6, 6.07) is 15.9. The summed E-state index contributed by atoms with van der Waals surface area (Å²) in [4.78, 5) is 13.9. The van der Waals surface area contributed by atoms with Gasteiger partial charge in [-0.25, -0.2) is 0 Å². The van der Waals surface area contributed by atoms with Crippen molar-refractivity contribution in [3.63, 3.8) is 0 Å². The summed E-state index contributed by atoms with van der Waals surface area (Å²) in [6.07, 6.45) is 7.63. The Morgan fingerprint density at radius 2 is 2.04 bits per heavy atom. The summed E-state index contributed by atoms with van der Waals surface area (Å²) in [5.74, 6) is 0.820. The number of carbonyl (C=O) groups excluding carboxylic acids is 1. The third kappa shape index (κ3) is 3.19. The van der Waals surface area contributed by atoms with E-state index in [0.717, 1.165) is 32.0 Å². The Hall–Kier alpha value is -2.13. The molecular weight excluding hydrogens is 332 g/mol. The predicted octanol–water partition coefficient (Wildman–Crippen LogP) is 4.23. The van der Waals surface area contributed by atoms with Crippen molar-refractivity contribution in [3.8, 4) is 0 Å². The first-order chi connectivity index (χ1) is 13.1. The lowest BCUT2D eigenvalue weighted by atomic mass is 9.85. The molecule has 1 saturated carbocycles. The second-order valence-corrected chi connectivity index (χ2v) is 8.88. The highest BCUT2D eigenvalue weighted by atomic mass is 16.1. The normalized spacial score (nSPS) is 30.0. The van der Waals surface area contributed by atoms with Gasteiger partial charge in [0.1, 0.15) is 0 Å². The fourth-order valence-electron chi connectivity index (χ4n) is 5.70. The number of hydrogen-bond donors (Lipinski definition) is 1. The maximum atomic E-state index is 11.3. The third-order valence-electron chi connectivity index (χ3n) is 6.85. The Kier molecular flexibility index (Phi) is 4.08. The van der Waals surface area contributed by atoms with Crippen LogP contribution in [0.4, 0.5) is 0 Å². The van der Waals surface area contributed by atoms with Crippen molar-refractivity contribution in [3.05, 3.63) is 54.1 Å². The van der Waals surface area contributed by atoms with E-state index in [1.807, 2.05) is 0 Å². The van der Waals surface area contributed by atoms with Crippen LogP contribution < -0.4 is 5.32 Å². The van der Waals surface area contributed by atoms with E-state index in [4.69, 9.17) is 0 Å². The van der Waals surface area contributed by atoms with Gasteiger partial charge in [-0.05, 0) is 59.6 Å². The monoisotopic (exact) mass is 360 g/mol. The number of likely N-dealkylation sites (tertiary alicyclic amines) is 1. The minimum absolute atomic E-state index is 0.0975. The first-order valence-corrected chi connectivity index (χ1v) is 10.3. The van der Waals surface area contributed by atoms with Gasteiger partial charge in [0.25, 0.3) is 0 Å². The number of amides is 1. The number of allylic oxidation sites excluding steroid dienone is 1. The molecule has 0 aromatic heterocycles. The van der Waals surface area contributed by atoms with E-state index in [-0.39, 0.29) is 5.91 Å². The molecule has 3 atom stereocenters. The molecule has 2 fully saturated rings. The van der Waals surface area contributed by atoms with Crippen molar-refractivity contribution in [1.82, 2.24) is 10.2 Å². The van der Waals surface area contributed by atoms with Crippen molar-refractivity contribution in [2.75, 3.05) is 19.6 Å². The van der Waals surface area contributed by atoms with Crippen LogP contribution in [-0.2, 0) is 4.79 Å². The zero-order chi connectivity index (χ0) is 18.4. The van der Waals surface area contributed by atoms with Crippen LogP contribution in [0.2, 0.25) is 0 Å². The van der Waals surface area contributed by atoms with E-state index in [2.05, 4.69) is 58.8 Å². The van der Waals surface area contributed by atoms with Gasteiger partial charge < -0.3 is 10.2 Å². The number of nitrogens with one attached hydrogen (secondary N) is 1. The average Bonchev–Trinajstić information content (AvgIpc) is 3.36. The van der Waals surface area contributed by atoms with Crippen LogP contribution in [0.5, 0.6) is 0 Å². The number of nitrogens with zero attached hydrogens (tertiary/aromatic N) is 1. The lowest BCUT2D eigenvalue weighted by Gasteiger charge is -2.30. The first-order valence-electron chi connectivity index (χ1n) is 10.3. The summed E-state index contributed by atoms with van der Waals surface area (Å²) in [6.45, 7) is 4.89. The summed E-state index contributed by atoms with van der Waals surface area (Å²) in [5.41, 5.74) is 3.33. The predicted molar refractivity (Wildman–Crippen MR) is 110 cm³/mol. The van der Waals surface area contributed by atoms with E-state index >= 15 is 0 Å². The van der Waals surface area contributed by atoms with Crippen molar-refractivity contribution in [2.24, 2.45) is 11.3 Å². The Bertz CT molecular complexity index is 917. The van der Waals surface area contributed by atoms with E-state index < -0.39 is 0 Å². The molecule has 3 unspecified atom stereocenters. The fourth-order valence-corrected chi connectivity index (χ4v) is 5.70. The smallest absolute Gasteiger partial charge is 0.217 e. The summed E-state index contributed by atoms with van der Waals surface area (Å²) < 4.78 is 0. The largest absolute Gasteiger partial charge is 0.352 e. The molecule has 0 spiro atoms. The highest BCUT2D eigenvalue weighted by Crippen LogP contribution is 2.56. The van der Waals surface area contributed by atoms with Crippen LogP contribution in [0.15, 0.2) is 48.5 Å². The summed E-state index contributed by atoms with van der Waals surface area (Å²) in [5, 5.41) is 5.75. The second-order valence-electron chi connectivity index (χ2n) is 8.88. The molecule has 2 aromatic carbocycles. The van der Waals surface area contributed by atoms with Gasteiger partial charge in [-0.3, -0.25) is 4.79 Å². The van der Waals surface area contributed by atoms with E-state index in [9.17, 15) is 4.79 Å². The number of hydrogen-bond acceptors (Lipinski definition) is 2. The SMILES string of the molecule is CC(=O)NC1CCN(CC23C=C(c4ccc5ccccc5c4)C(CC2)C3)C1. The lowest BCUT2D eigenvalue weighted by Crippen LogP contribution is -2.38. The molecule has 1 amide bonds. The standard InChI is InChI=1S/C24H28N2O/c1-17(27)25-22-9-11-26(15-22)16-24-10-8-21(13-24)23(14-24)20-7-6-18-4-2-3-5-19(18)12-20/h2-7,12,14,21-22H,8-11,13,15-16H2,1H3,(H,25,27). The fraction of sp³-hybridized carbons (Fsp3) is 0.458. The zero-order valence-electron chi connectivity index (χ0n) is 16.1. The number of fused-ring (bicyclic) bond motifs is 3. The number of benzene rings is 2. The summed E-state index contributed by atoms with van der Waals surface area (Å²) >= 11 is 0. The van der Waals surface area contributed by atoms with Crippen LogP contribution in [0.25, 0.3) is 16.3 Å². The minimum Gasteiger partial charge on any atom is -0.352 e. The molecule has 2 aliphatic carbocycles. The van der Waals surface area contributed by atoms with Gasteiger partial charge >= 0.3 is 0 Å². The van der Waals surface area contributed by atoms with E-state index in [0.29, 0.717) is 11.5 Å².